The number of hydrogen-bond acceptors (Lipinski definition) is 7. The second-order valence-electron chi connectivity index (χ2n) is 9.39. The summed E-state index contributed by atoms with van der Waals surface area (Å²) in [6.07, 6.45) is -5.74. The molecule has 0 radical (unpaired) electrons. The number of ether oxygens (including phenoxy) is 1. The number of nitrogens with zero attached hydrogens (tertiary/aromatic N) is 2. The number of hydrogen-bond donors (Lipinski definition) is 4. The van der Waals surface area contributed by atoms with Gasteiger partial charge in [0.05, 0.1) is 52.7 Å². The Hall–Kier alpha value is -3.56. The van der Waals surface area contributed by atoms with Gasteiger partial charge in [0, 0.05) is 13.1 Å². The molecule has 15 heteroatoms. The Morgan fingerprint density at radius 3 is 2.45 bits per heavy atom. The Kier molecular flexibility index (Phi) is 7.79. The van der Waals surface area contributed by atoms with E-state index in [0.717, 1.165) is 54.9 Å². The lowest BCUT2D eigenvalue weighted by Gasteiger charge is -2.36. The summed E-state index contributed by atoms with van der Waals surface area (Å²) in [6.45, 7) is 3.06. The number of halogens is 5. The summed E-state index contributed by atoms with van der Waals surface area (Å²) >= 11 is 1.39. The van der Waals surface area contributed by atoms with Gasteiger partial charge in [-0.15, -0.1) is 11.3 Å². The fourth-order valence-corrected chi connectivity index (χ4v) is 5.63. The molecule has 1 fully saturated rings. The van der Waals surface area contributed by atoms with E-state index in [0.29, 0.717) is 23.1 Å². The van der Waals surface area contributed by atoms with E-state index in [2.05, 4.69) is 32.3 Å². The maximum absolute atomic E-state index is 13.0. The fraction of sp³-hybridized carbons (Fsp3) is 0.400. The number of alkyl halides is 5. The molecule has 1 saturated heterocycles. The lowest BCUT2D eigenvalue weighted by atomic mass is 10.0. The van der Waals surface area contributed by atoms with Gasteiger partial charge in [-0.1, -0.05) is 0 Å². The van der Waals surface area contributed by atoms with Crippen LogP contribution in [-0.2, 0) is 22.4 Å². The topological polar surface area (TPSA) is 123 Å². The molecule has 40 heavy (non-hydrogen) atoms. The maximum atomic E-state index is 13.0. The summed E-state index contributed by atoms with van der Waals surface area (Å²) < 4.78 is 63.8. The predicted octanol–water partition coefficient (Wildman–Crippen LogP) is 4.24. The van der Waals surface area contributed by atoms with Gasteiger partial charge in [0.15, 0.2) is 0 Å². The number of thiophene rings is 1. The summed E-state index contributed by atoms with van der Waals surface area (Å²) in [5.74, 6) is -2.38. The Morgan fingerprint density at radius 1 is 1.18 bits per heavy atom. The summed E-state index contributed by atoms with van der Waals surface area (Å²) in [5.41, 5.74) is 5.06. The number of imidazole rings is 1. The van der Waals surface area contributed by atoms with Crippen molar-refractivity contribution in [2.45, 2.75) is 31.5 Å². The van der Waals surface area contributed by atoms with E-state index in [1.165, 1.54) is 22.5 Å². The van der Waals surface area contributed by atoms with Crippen LogP contribution in [0.1, 0.15) is 11.1 Å². The first-order valence-electron chi connectivity index (χ1n) is 12.3. The first-order valence-corrected chi connectivity index (χ1v) is 13.2. The van der Waals surface area contributed by atoms with Crippen molar-refractivity contribution in [1.29, 1.82) is 0 Å². The van der Waals surface area contributed by atoms with Gasteiger partial charge in [-0.05, 0) is 47.5 Å². The fourth-order valence-electron chi connectivity index (χ4n) is 4.75. The minimum Gasteiger partial charge on any atom is -0.475 e. The number of rotatable bonds is 5. The lowest BCUT2D eigenvalue weighted by molar-refractivity contribution is -0.192. The minimum atomic E-state index is -5.08. The Morgan fingerprint density at radius 2 is 1.85 bits per heavy atom. The summed E-state index contributed by atoms with van der Waals surface area (Å²) in [7, 11) is 0. The van der Waals surface area contributed by atoms with Crippen LogP contribution in [0.15, 0.2) is 28.4 Å². The molecule has 0 spiro atoms. The van der Waals surface area contributed by atoms with Crippen LogP contribution in [-0.4, -0.2) is 82.4 Å². The molecule has 6 rings (SSSR count). The zero-order valence-corrected chi connectivity index (χ0v) is 21.6. The number of anilines is 1. The van der Waals surface area contributed by atoms with Gasteiger partial charge in [-0.25, -0.2) is 18.6 Å². The maximum Gasteiger partial charge on any atom is 0.490 e. The third kappa shape index (κ3) is 5.81. The van der Waals surface area contributed by atoms with Crippen LogP contribution in [0.25, 0.3) is 32.6 Å². The number of carbonyl (C=O) groups is 1. The Balaban J connectivity index is 0.000000411. The average molecular weight is 586 g/mol. The molecule has 0 saturated carbocycles. The van der Waals surface area contributed by atoms with Crippen molar-refractivity contribution >= 4 is 44.2 Å². The number of carboxylic acid groups (broad SMARTS) is 1. The van der Waals surface area contributed by atoms with Gasteiger partial charge in [0.25, 0.3) is 12.0 Å². The number of nitrogens with one attached hydrogen (secondary N) is 3. The number of pyridine rings is 1. The third-order valence-corrected chi connectivity index (χ3v) is 7.74. The summed E-state index contributed by atoms with van der Waals surface area (Å²) in [5, 5.41) is 11.7. The van der Waals surface area contributed by atoms with Crippen molar-refractivity contribution < 1.29 is 36.6 Å². The molecular formula is C25H24F5N5O4S. The number of aliphatic carboxylic acids is 1. The van der Waals surface area contributed by atoms with Crippen LogP contribution < -0.4 is 10.9 Å². The Labute approximate surface area is 227 Å². The molecule has 1 aromatic carbocycles. The minimum absolute atomic E-state index is 0.258. The molecule has 0 bridgehead atoms. The molecule has 0 aliphatic carbocycles. The smallest absolute Gasteiger partial charge is 0.475 e. The van der Waals surface area contributed by atoms with Crippen LogP contribution in [0.5, 0.6) is 0 Å². The number of fused-ring (bicyclic) bond motifs is 3. The van der Waals surface area contributed by atoms with Gasteiger partial charge in [-0.3, -0.25) is 9.69 Å². The molecule has 2 aliphatic rings. The molecule has 9 nitrogen and oxygen atoms in total. The molecule has 0 atom stereocenters. The van der Waals surface area contributed by atoms with Crippen LogP contribution in [0.4, 0.5) is 27.6 Å². The lowest BCUT2D eigenvalue weighted by Crippen LogP contribution is -2.49. The monoisotopic (exact) mass is 585 g/mol. The van der Waals surface area contributed by atoms with Gasteiger partial charge >= 0.3 is 12.1 Å². The van der Waals surface area contributed by atoms with Crippen molar-refractivity contribution in [2.24, 2.45) is 0 Å². The van der Waals surface area contributed by atoms with Crippen LogP contribution >= 0.6 is 11.3 Å². The first-order chi connectivity index (χ1) is 19.0. The normalized spacial score (nSPS) is 16.4. The zero-order chi connectivity index (χ0) is 28.6. The summed E-state index contributed by atoms with van der Waals surface area (Å²) in [6, 6.07) is 6.50. The standard InChI is InChI=1S/C23H23F2N5O2S.C2HF3O2/c24-18(25)9-26-20-19(23(31)29-15-3-6-33-21(15)20)22-27-16-7-12-1-4-30(14-10-32-11-14)5-2-13(12)8-17(16)28-22;3-2(4,5)1(6)7/h3,6-8,14,18H,1-2,4-5,9-11H2,(H,27,28)(H2,26,29,31);(H,6,7). The number of H-pyrrole nitrogens is 2. The van der Waals surface area contributed by atoms with Crippen molar-refractivity contribution in [3.8, 4) is 11.4 Å². The molecule has 4 N–H and O–H groups in total. The number of carboxylic acids is 1. The van der Waals surface area contributed by atoms with E-state index in [1.807, 2.05) is 5.38 Å². The molecule has 214 valence electrons. The van der Waals surface area contributed by atoms with E-state index < -0.39 is 25.1 Å². The highest BCUT2D eigenvalue weighted by atomic mass is 32.1. The molecule has 3 aromatic heterocycles. The third-order valence-electron chi connectivity index (χ3n) is 6.81. The van der Waals surface area contributed by atoms with E-state index in [1.54, 1.807) is 6.07 Å². The SMILES string of the molecule is O=C(O)C(F)(F)F.O=c1[nH]c2ccsc2c(NCC(F)F)c1-c1nc2cc3c(cc2[nH]1)CCN(C1COC1)CC3. The zero-order valence-electron chi connectivity index (χ0n) is 20.8. The van der Waals surface area contributed by atoms with Gasteiger partial charge < -0.3 is 25.1 Å². The number of benzene rings is 1. The molecule has 2 aliphatic heterocycles. The van der Waals surface area contributed by atoms with Gasteiger partial charge in [-0.2, -0.15) is 13.2 Å². The average Bonchev–Trinajstić information content (AvgIpc) is 3.42. The molecule has 4 aromatic rings. The van der Waals surface area contributed by atoms with Crippen molar-refractivity contribution in [3.05, 3.63) is 45.1 Å². The van der Waals surface area contributed by atoms with Crippen molar-refractivity contribution in [1.82, 2.24) is 19.9 Å². The van der Waals surface area contributed by atoms with E-state index in [4.69, 9.17) is 19.6 Å². The quantitative estimate of drug-likeness (QED) is 0.259. The number of aromatic amines is 2. The largest absolute Gasteiger partial charge is 0.490 e. The van der Waals surface area contributed by atoms with E-state index >= 15 is 0 Å². The van der Waals surface area contributed by atoms with Gasteiger partial charge in [0.2, 0.25) is 0 Å². The second kappa shape index (κ2) is 11.1. The number of aromatic nitrogens is 3. The van der Waals surface area contributed by atoms with Crippen LogP contribution in [0.3, 0.4) is 0 Å². The summed E-state index contributed by atoms with van der Waals surface area (Å²) in [4.78, 5) is 35.2. The Bertz CT molecular complexity index is 1550. The van der Waals surface area contributed by atoms with Crippen molar-refractivity contribution in [2.75, 3.05) is 38.2 Å². The van der Waals surface area contributed by atoms with E-state index in [-0.39, 0.29) is 11.1 Å². The van der Waals surface area contributed by atoms with E-state index in [9.17, 15) is 26.7 Å². The van der Waals surface area contributed by atoms with Gasteiger partial charge in [0.1, 0.15) is 11.4 Å². The highest BCUT2D eigenvalue weighted by molar-refractivity contribution is 7.17. The van der Waals surface area contributed by atoms with Crippen LogP contribution in [0, 0.1) is 0 Å². The van der Waals surface area contributed by atoms with Crippen molar-refractivity contribution in [3.63, 3.8) is 0 Å². The highest BCUT2D eigenvalue weighted by Gasteiger charge is 2.38. The highest BCUT2D eigenvalue weighted by Crippen LogP contribution is 2.34. The predicted molar refractivity (Wildman–Crippen MR) is 139 cm³/mol. The second-order valence-corrected chi connectivity index (χ2v) is 10.3. The first kappa shape index (κ1) is 28.0. The molecule has 0 unspecified atom stereocenters. The molecule has 5 heterocycles. The van der Waals surface area contributed by atoms with Crippen LogP contribution in [0.2, 0.25) is 0 Å². The molecular weight excluding hydrogens is 561 g/mol. The molecule has 0 amide bonds.